The molecule has 1 aliphatic carbocycles. The Bertz CT molecular complexity index is 1130. The number of hydrogen-bond acceptors (Lipinski definition) is 11. The summed E-state index contributed by atoms with van der Waals surface area (Å²) in [4.78, 5) is 23.2. The lowest BCUT2D eigenvalue weighted by Crippen LogP contribution is -2.64. The van der Waals surface area contributed by atoms with Gasteiger partial charge in [0.05, 0.1) is 13.2 Å². The molecule has 1 fully saturated rings. The lowest BCUT2D eigenvalue weighted by molar-refractivity contribution is -0.220. The van der Waals surface area contributed by atoms with Crippen molar-refractivity contribution in [3.05, 3.63) is 36.5 Å². The van der Waals surface area contributed by atoms with Gasteiger partial charge in [0.1, 0.15) is 42.7 Å². The van der Waals surface area contributed by atoms with E-state index in [4.69, 9.17) is 18.5 Å². The normalized spacial score (nSPS) is 22.6. The first-order chi connectivity index (χ1) is 29.0. The molecule has 0 aromatic carbocycles. The summed E-state index contributed by atoms with van der Waals surface area (Å²) in [5.41, 5.74) is 0. The van der Waals surface area contributed by atoms with Crippen molar-refractivity contribution >= 4 is 13.8 Å². The topological polar surface area (TPSA) is 192 Å². The quantitative estimate of drug-likeness (QED) is 0.0148. The van der Waals surface area contributed by atoms with E-state index in [1.54, 1.807) is 0 Å². The van der Waals surface area contributed by atoms with Gasteiger partial charge in [-0.2, -0.15) is 0 Å². The number of aliphatic hydroxyl groups excluding tert-OH is 5. The highest BCUT2D eigenvalue weighted by atomic mass is 31.2. The minimum atomic E-state index is -5.02. The SMILES string of the molecule is CCC/C=C\C/C=C\CCCCCCCCOCC(COP(=O)(O)OC1C(O)C(O)C(O)C(O)C1O)OC(=O)CCCCCCCCCCC/C=C\CCCCCCCC. The number of unbranched alkanes of at least 4 members (excludes halogenated alkanes) is 22. The van der Waals surface area contributed by atoms with E-state index >= 15 is 0 Å². The van der Waals surface area contributed by atoms with Gasteiger partial charge in [-0.05, 0) is 64.2 Å². The maximum absolute atomic E-state index is 12.8. The second-order valence-electron chi connectivity index (χ2n) is 16.6. The van der Waals surface area contributed by atoms with Gasteiger partial charge in [0, 0.05) is 13.0 Å². The second kappa shape index (κ2) is 38.1. The molecule has 0 spiro atoms. The van der Waals surface area contributed by atoms with E-state index in [-0.39, 0.29) is 13.0 Å². The van der Waals surface area contributed by atoms with E-state index in [9.17, 15) is 39.8 Å². The molecular formula is C47H87O12P. The molecule has 0 aromatic rings. The first-order valence-corrected chi connectivity index (χ1v) is 25.3. The van der Waals surface area contributed by atoms with Gasteiger partial charge in [0.25, 0.3) is 0 Å². The molecular weight excluding hydrogens is 787 g/mol. The summed E-state index contributed by atoms with van der Waals surface area (Å²) < 4.78 is 34.2. The minimum Gasteiger partial charge on any atom is -0.457 e. The third-order valence-electron chi connectivity index (χ3n) is 11.0. The molecule has 0 saturated heterocycles. The van der Waals surface area contributed by atoms with Gasteiger partial charge in [0.2, 0.25) is 0 Å². The Morgan fingerprint density at radius 1 is 0.533 bits per heavy atom. The molecule has 0 bridgehead atoms. The van der Waals surface area contributed by atoms with Crippen LogP contribution in [0.1, 0.15) is 194 Å². The molecule has 6 unspecified atom stereocenters. The smallest absolute Gasteiger partial charge is 0.457 e. The molecule has 0 amide bonds. The fourth-order valence-corrected chi connectivity index (χ4v) is 8.13. The molecule has 0 radical (unpaired) electrons. The van der Waals surface area contributed by atoms with Crippen molar-refractivity contribution in [3.8, 4) is 0 Å². The third kappa shape index (κ3) is 29.8. The highest BCUT2D eigenvalue weighted by Crippen LogP contribution is 2.47. The average Bonchev–Trinajstić information content (AvgIpc) is 3.23. The number of rotatable bonds is 40. The van der Waals surface area contributed by atoms with Crippen LogP contribution in [0, 0.1) is 0 Å². The highest BCUT2D eigenvalue weighted by Gasteiger charge is 2.51. The lowest BCUT2D eigenvalue weighted by Gasteiger charge is -2.41. The molecule has 0 aromatic heterocycles. The summed E-state index contributed by atoms with van der Waals surface area (Å²) in [5.74, 6) is -0.483. The molecule has 0 heterocycles. The second-order valence-corrected chi connectivity index (χ2v) is 18.0. The predicted octanol–water partition coefficient (Wildman–Crippen LogP) is 9.87. The van der Waals surface area contributed by atoms with Crippen LogP contribution in [0.15, 0.2) is 36.5 Å². The fraction of sp³-hybridized carbons (Fsp3) is 0.851. The van der Waals surface area contributed by atoms with Crippen molar-refractivity contribution in [2.75, 3.05) is 19.8 Å². The van der Waals surface area contributed by atoms with Gasteiger partial charge >= 0.3 is 13.8 Å². The first kappa shape index (κ1) is 56.6. The first-order valence-electron chi connectivity index (χ1n) is 23.8. The zero-order valence-corrected chi connectivity index (χ0v) is 38.4. The van der Waals surface area contributed by atoms with Crippen LogP contribution in [-0.4, -0.2) is 98.9 Å². The average molecular weight is 875 g/mol. The Labute approximate surface area is 363 Å². The van der Waals surface area contributed by atoms with Gasteiger partial charge < -0.3 is 39.9 Å². The number of aliphatic hydroxyl groups is 5. The largest absolute Gasteiger partial charge is 0.472 e. The Balaban J connectivity index is 2.37. The van der Waals surface area contributed by atoms with Gasteiger partial charge in [0.15, 0.2) is 0 Å². The predicted molar refractivity (Wildman–Crippen MR) is 239 cm³/mol. The number of carbonyl (C=O) groups is 1. The van der Waals surface area contributed by atoms with Crippen LogP contribution in [0.2, 0.25) is 0 Å². The van der Waals surface area contributed by atoms with Crippen LogP contribution in [0.25, 0.3) is 0 Å². The van der Waals surface area contributed by atoms with Crippen LogP contribution in [0.3, 0.4) is 0 Å². The number of esters is 1. The number of phosphoric ester groups is 1. The minimum absolute atomic E-state index is 0.0838. The van der Waals surface area contributed by atoms with E-state index in [1.807, 2.05) is 0 Å². The summed E-state index contributed by atoms with van der Waals surface area (Å²) >= 11 is 0. The summed E-state index contributed by atoms with van der Waals surface area (Å²) in [6.45, 7) is 4.17. The molecule has 6 atom stereocenters. The maximum atomic E-state index is 12.8. The van der Waals surface area contributed by atoms with Crippen LogP contribution < -0.4 is 0 Å². The van der Waals surface area contributed by atoms with Crippen molar-refractivity contribution in [1.29, 1.82) is 0 Å². The maximum Gasteiger partial charge on any atom is 0.472 e. The lowest BCUT2D eigenvalue weighted by atomic mass is 9.85. The van der Waals surface area contributed by atoms with Crippen molar-refractivity contribution in [3.63, 3.8) is 0 Å². The standard InChI is InChI=1S/C47H87O12P/c1-3-5-7-9-11-13-15-17-19-20-21-22-23-24-26-28-30-32-34-36-41(48)58-40(38-56-37-35-33-31-29-27-25-18-16-14-12-10-8-6-4-2)39-57-60(54,55)59-47-45(52)43(50)42(49)44(51)46(47)53/h8,10,14,16-17,19,40,42-47,49-53H,3-7,9,11-13,15,18,20-39H2,1-2H3,(H,54,55)/b10-8-,16-14-,19-17-. The number of carbonyl (C=O) groups excluding carboxylic acids is 1. The Hall–Kier alpha value is -1.44. The highest BCUT2D eigenvalue weighted by molar-refractivity contribution is 7.47. The van der Waals surface area contributed by atoms with E-state index in [0.29, 0.717) is 13.0 Å². The molecule has 352 valence electrons. The van der Waals surface area contributed by atoms with E-state index < -0.39 is 63.1 Å². The number of hydrogen-bond donors (Lipinski definition) is 6. The molecule has 0 aliphatic heterocycles. The molecule has 1 rings (SSSR count). The molecule has 1 aliphatic rings. The van der Waals surface area contributed by atoms with Crippen LogP contribution in [-0.2, 0) is 27.9 Å². The zero-order chi connectivity index (χ0) is 44.1. The van der Waals surface area contributed by atoms with E-state index in [1.165, 1.54) is 96.3 Å². The fourth-order valence-electron chi connectivity index (χ4n) is 7.15. The summed E-state index contributed by atoms with van der Waals surface area (Å²) in [6.07, 6.45) is 32.1. The molecule has 1 saturated carbocycles. The Morgan fingerprint density at radius 2 is 0.967 bits per heavy atom. The summed E-state index contributed by atoms with van der Waals surface area (Å²) in [5, 5.41) is 50.2. The number of phosphoric acid groups is 1. The Kier molecular flexibility index (Phi) is 35.9. The van der Waals surface area contributed by atoms with Gasteiger partial charge in [-0.15, -0.1) is 0 Å². The number of ether oxygens (including phenoxy) is 2. The van der Waals surface area contributed by atoms with Crippen molar-refractivity contribution in [2.24, 2.45) is 0 Å². The van der Waals surface area contributed by atoms with Gasteiger partial charge in [-0.25, -0.2) is 4.57 Å². The van der Waals surface area contributed by atoms with Crippen LogP contribution in [0.4, 0.5) is 0 Å². The molecule has 60 heavy (non-hydrogen) atoms. The van der Waals surface area contributed by atoms with Crippen molar-refractivity contribution in [1.82, 2.24) is 0 Å². The number of allylic oxidation sites excluding steroid dienone is 6. The zero-order valence-electron chi connectivity index (χ0n) is 37.5. The van der Waals surface area contributed by atoms with Crippen molar-refractivity contribution < 1.29 is 58.3 Å². The van der Waals surface area contributed by atoms with E-state index in [0.717, 1.165) is 70.6 Å². The Morgan fingerprint density at radius 3 is 1.48 bits per heavy atom. The van der Waals surface area contributed by atoms with Crippen molar-refractivity contribution in [2.45, 2.75) is 236 Å². The molecule has 12 nitrogen and oxygen atoms in total. The van der Waals surface area contributed by atoms with Gasteiger partial charge in [-0.1, -0.05) is 159 Å². The summed E-state index contributed by atoms with van der Waals surface area (Å²) in [7, 11) is -5.02. The van der Waals surface area contributed by atoms with Gasteiger partial charge in [-0.3, -0.25) is 13.8 Å². The monoisotopic (exact) mass is 875 g/mol. The van der Waals surface area contributed by atoms with E-state index in [2.05, 4.69) is 50.3 Å². The van der Waals surface area contributed by atoms with Crippen LogP contribution in [0.5, 0.6) is 0 Å². The molecule has 6 N–H and O–H groups in total. The van der Waals surface area contributed by atoms with Crippen LogP contribution >= 0.6 is 7.82 Å². The third-order valence-corrected chi connectivity index (χ3v) is 12.0. The summed E-state index contributed by atoms with van der Waals surface area (Å²) in [6, 6.07) is 0. The molecule has 13 heteroatoms.